The Kier molecular flexibility index (Phi) is 7.82. The molecule has 0 saturated carbocycles. The number of ether oxygens (including phenoxy) is 1. The van der Waals surface area contributed by atoms with Gasteiger partial charge in [0.05, 0.1) is 13.2 Å². The molecule has 0 bridgehead atoms. The van der Waals surface area contributed by atoms with Crippen molar-refractivity contribution < 1.29 is 4.74 Å². The molecule has 112 valence electrons. The van der Waals surface area contributed by atoms with E-state index in [4.69, 9.17) is 4.74 Å². The topological polar surface area (TPSA) is 48.9 Å². The van der Waals surface area contributed by atoms with E-state index in [1.165, 1.54) is 0 Å². The lowest BCUT2D eigenvalue weighted by Crippen LogP contribution is -2.52. The molecule has 1 atom stereocenters. The van der Waals surface area contributed by atoms with Crippen molar-refractivity contribution in [1.82, 2.24) is 15.5 Å². The molecule has 0 aromatic rings. The molecule has 1 heterocycles. The van der Waals surface area contributed by atoms with Crippen molar-refractivity contribution in [3.05, 3.63) is 0 Å². The molecule has 1 saturated heterocycles. The summed E-state index contributed by atoms with van der Waals surface area (Å²) >= 11 is 0. The molecule has 0 amide bonds. The second-order valence-corrected chi connectivity index (χ2v) is 5.34. The van der Waals surface area contributed by atoms with Gasteiger partial charge in [0.2, 0.25) is 0 Å². The zero-order chi connectivity index (χ0) is 14.1. The third kappa shape index (κ3) is 5.78. The Morgan fingerprint density at radius 3 is 2.47 bits per heavy atom. The molecule has 1 aliphatic rings. The minimum absolute atomic E-state index is 0.532. The van der Waals surface area contributed by atoms with Crippen molar-refractivity contribution in [2.75, 3.05) is 46.4 Å². The van der Waals surface area contributed by atoms with Crippen LogP contribution in [0.4, 0.5) is 0 Å². The smallest absolute Gasteiger partial charge is 0.191 e. The summed E-state index contributed by atoms with van der Waals surface area (Å²) in [6, 6.07) is 0.532. The quantitative estimate of drug-likeness (QED) is 0.556. The molecular formula is C14H30N4O. The van der Waals surface area contributed by atoms with E-state index in [2.05, 4.69) is 41.3 Å². The first-order valence-corrected chi connectivity index (χ1v) is 7.45. The second-order valence-electron chi connectivity index (χ2n) is 5.34. The highest BCUT2D eigenvalue weighted by Crippen LogP contribution is 2.12. The molecule has 1 aliphatic heterocycles. The summed E-state index contributed by atoms with van der Waals surface area (Å²) in [5, 5.41) is 6.75. The molecule has 2 N–H and O–H groups in total. The molecular weight excluding hydrogens is 240 g/mol. The van der Waals surface area contributed by atoms with Crippen LogP contribution in [-0.2, 0) is 4.74 Å². The van der Waals surface area contributed by atoms with Crippen LogP contribution in [0.5, 0.6) is 0 Å². The Labute approximate surface area is 117 Å². The minimum atomic E-state index is 0.532. The van der Waals surface area contributed by atoms with Crippen LogP contribution in [-0.4, -0.2) is 63.3 Å². The van der Waals surface area contributed by atoms with E-state index in [1.807, 2.05) is 7.05 Å². The van der Waals surface area contributed by atoms with Gasteiger partial charge >= 0.3 is 0 Å². The summed E-state index contributed by atoms with van der Waals surface area (Å²) in [5.74, 6) is 1.52. The van der Waals surface area contributed by atoms with E-state index in [9.17, 15) is 0 Å². The summed E-state index contributed by atoms with van der Waals surface area (Å²) in [7, 11) is 1.82. The molecule has 0 spiro atoms. The summed E-state index contributed by atoms with van der Waals surface area (Å²) in [6.07, 6.45) is 1.11. The van der Waals surface area contributed by atoms with Crippen LogP contribution in [0, 0.1) is 5.92 Å². The Morgan fingerprint density at radius 1 is 1.26 bits per heavy atom. The molecule has 5 nitrogen and oxygen atoms in total. The molecule has 1 unspecified atom stereocenters. The summed E-state index contributed by atoms with van der Waals surface area (Å²) in [6.45, 7) is 12.4. The predicted molar refractivity (Wildman–Crippen MR) is 80.7 cm³/mol. The number of nitrogens with one attached hydrogen (secondary N) is 2. The van der Waals surface area contributed by atoms with Crippen LogP contribution in [0.3, 0.4) is 0 Å². The Morgan fingerprint density at radius 2 is 1.95 bits per heavy atom. The van der Waals surface area contributed by atoms with E-state index >= 15 is 0 Å². The van der Waals surface area contributed by atoms with Crippen LogP contribution in [0.25, 0.3) is 0 Å². The average molecular weight is 270 g/mol. The number of rotatable bonds is 6. The average Bonchev–Trinajstić information content (AvgIpc) is 2.43. The lowest BCUT2D eigenvalue weighted by atomic mass is 10.0. The van der Waals surface area contributed by atoms with Gasteiger partial charge in [0.15, 0.2) is 5.96 Å². The molecule has 0 aliphatic carbocycles. The third-order valence-electron chi connectivity index (χ3n) is 3.53. The van der Waals surface area contributed by atoms with E-state index < -0.39 is 0 Å². The van der Waals surface area contributed by atoms with E-state index in [-0.39, 0.29) is 0 Å². The van der Waals surface area contributed by atoms with Gasteiger partial charge in [0, 0.05) is 39.3 Å². The van der Waals surface area contributed by atoms with Crippen LogP contribution < -0.4 is 10.6 Å². The van der Waals surface area contributed by atoms with E-state index in [1.54, 1.807) is 0 Å². The molecule has 0 radical (unpaired) electrons. The first-order chi connectivity index (χ1) is 9.19. The first kappa shape index (κ1) is 16.2. The van der Waals surface area contributed by atoms with Crippen molar-refractivity contribution >= 4 is 5.96 Å². The second kappa shape index (κ2) is 9.15. The first-order valence-electron chi connectivity index (χ1n) is 7.45. The Balaban J connectivity index is 2.44. The zero-order valence-corrected chi connectivity index (χ0v) is 12.9. The lowest BCUT2D eigenvalue weighted by Gasteiger charge is -2.37. The fourth-order valence-corrected chi connectivity index (χ4v) is 2.36. The maximum absolute atomic E-state index is 5.43. The summed E-state index contributed by atoms with van der Waals surface area (Å²) in [5.41, 5.74) is 0. The monoisotopic (exact) mass is 270 g/mol. The highest BCUT2D eigenvalue weighted by atomic mass is 16.5. The van der Waals surface area contributed by atoms with E-state index in [0.717, 1.165) is 51.8 Å². The number of guanidine groups is 1. The SMILES string of the molecule is CCCNC(=NC)NCC(C(C)C)N1CCOCC1. The van der Waals surface area contributed by atoms with Gasteiger partial charge in [-0.05, 0) is 12.3 Å². The van der Waals surface area contributed by atoms with Crippen molar-refractivity contribution in [2.45, 2.75) is 33.2 Å². The van der Waals surface area contributed by atoms with Gasteiger partial charge < -0.3 is 15.4 Å². The predicted octanol–water partition coefficient (Wildman–Crippen LogP) is 0.918. The van der Waals surface area contributed by atoms with Gasteiger partial charge in [0.25, 0.3) is 0 Å². The van der Waals surface area contributed by atoms with Crippen LogP contribution >= 0.6 is 0 Å². The van der Waals surface area contributed by atoms with Crippen LogP contribution in [0.15, 0.2) is 4.99 Å². The highest BCUT2D eigenvalue weighted by Gasteiger charge is 2.23. The van der Waals surface area contributed by atoms with Crippen LogP contribution in [0.2, 0.25) is 0 Å². The lowest BCUT2D eigenvalue weighted by molar-refractivity contribution is 0.00752. The number of nitrogens with zero attached hydrogens (tertiary/aromatic N) is 2. The summed E-state index contributed by atoms with van der Waals surface area (Å²) < 4.78 is 5.43. The minimum Gasteiger partial charge on any atom is -0.379 e. The Hall–Kier alpha value is -0.810. The van der Waals surface area contributed by atoms with Crippen molar-refractivity contribution in [3.63, 3.8) is 0 Å². The normalized spacial score (nSPS) is 19.5. The van der Waals surface area contributed by atoms with Gasteiger partial charge in [-0.2, -0.15) is 0 Å². The van der Waals surface area contributed by atoms with Crippen LogP contribution in [0.1, 0.15) is 27.2 Å². The molecule has 19 heavy (non-hydrogen) atoms. The molecule has 1 fully saturated rings. The summed E-state index contributed by atoms with van der Waals surface area (Å²) in [4.78, 5) is 6.78. The number of hydrogen-bond donors (Lipinski definition) is 2. The number of morpholine rings is 1. The molecule has 0 aromatic heterocycles. The van der Waals surface area contributed by atoms with Crippen molar-refractivity contribution in [1.29, 1.82) is 0 Å². The van der Waals surface area contributed by atoms with Gasteiger partial charge in [-0.25, -0.2) is 0 Å². The molecule has 0 aromatic carbocycles. The fourth-order valence-electron chi connectivity index (χ4n) is 2.36. The maximum Gasteiger partial charge on any atom is 0.191 e. The largest absolute Gasteiger partial charge is 0.379 e. The third-order valence-corrected chi connectivity index (χ3v) is 3.53. The van der Waals surface area contributed by atoms with Crippen molar-refractivity contribution in [2.24, 2.45) is 10.9 Å². The van der Waals surface area contributed by atoms with E-state index in [0.29, 0.717) is 12.0 Å². The molecule has 5 heteroatoms. The fraction of sp³-hybridized carbons (Fsp3) is 0.929. The maximum atomic E-state index is 5.43. The number of aliphatic imine (C=N–C) groups is 1. The molecule has 1 rings (SSSR count). The Bertz CT molecular complexity index is 262. The van der Waals surface area contributed by atoms with Crippen molar-refractivity contribution in [3.8, 4) is 0 Å². The zero-order valence-electron chi connectivity index (χ0n) is 12.9. The van der Waals surface area contributed by atoms with Gasteiger partial charge in [0.1, 0.15) is 0 Å². The van der Waals surface area contributed by atoms with Gasteiger partial charge in [-0.15, -0.1) is 0 Å². The number of hydrogen-bond acceptors (Lipinski definition) is 3. The van der Waals surface area contributed by atoms with Gasteiger partial charge in [-0.3, -0.25) is 9.89 Å². The highest BCUT2D eigenvalue weighted by molar-refractivity contribution is 5.79. The standard InChI is InChI=1S/C14H30N4O/c1-5-6-16-14(15-4)17-11-13(12(2)3)18-7-9-19-10-8-18/h12-13H,5-11H2,1-4H3,(H2,15,16,17). The van der Waals surface area contributed by atoms with Gasteiger partial charge in [-0.1, -0.05) is 20.8 Å².